The minimum Gasteiger partial charge on any atom is -0.245 e. The standard InChI is InChI=1S/C3H6FOS/c1-3(2-4)6-5/h3H,2H2,1H3/q+1. The Morgan fingerprint density at radius 1 is 2.00 bits per heavy atom. The molecular weight excluding hydrogens is 103 g/mol. The van der Waals surface area contributed by atoms with Gasteiger partial charge in [0.25, 0.3) is 5.25 Å². The summed E-state index contributed by atoms with van der Waals surface area (Å²) < 4.78 is 20.7. The fraction of sp³-hybridized carbons (Fsp3) is 1.00. The Bertz CT molecular complexity index is 48.1. The fourth-order valence-electron chi connectivity index (χ4n) is 0.0257. The van der Waals surface area contributed by atoms with Crippen molar-refractivity contribution in [2.75, 3.05) is 6.67 Å². The smallest absolute Gasteiger partial charge is 0.245 e. The van der Waals surface area contributed by atoms with Crippen molar-refractivity contribution in [3.05, 3.63) is 0 Å². The molecule has 0 N–H and O–H groups in total. The average molecular weight is 109 g/mol. The zero-order valence-electron chi connectivity index (χ0n) is 3.48. The van der Waals surface area contributed by atoms with Crippen molar-refractivity contribution < 1.29 is 8.60 Å². The monoisotopic (exact) mass is 109 g/mol. The van der Waals surface area contributed by atoms with Crippen molar-refractivity contribution in [3.8, 4) is 0 Å². The van der Waals surface area contributed by atoms with Crippen molar-refractivity contribution >= 4 is 11.7 Å². The molecule has 1 unspecified atom stereocenters. The Labute approximate surface area is 40.0 Å². The summed E-state index contributed by atoms with van der Waals surface area (Å²) in [7, 11) is 0. The zero-order chi connectivity index (χ0) is 4.99. The van der Waals surface area contributed by atoms with Gasteiger partial charge in [-0.15, -0.1) is 0 Å². The highest BCUT2D eigenvalue weighted by Crippen LogP contribution is 1.81. The Balaban J connectivity index is 2.96. The fourth-order valence-corrected chi connectivity index (χ4v) is 0.0772. The normalized spacial score (nSPS) is 13.7. The number of hydrogen-bond donors (Lipinski definition) is 0. The molecule has 0 rings (SSSR count). The van der Waals surface area contributed by atoms with Crippen LogP contribution in [0.2, 0.25) is 0 Å². The molecule has 0 bridgehead atoms. The maximum Gasteiger partial charge on any atom is 0.464 e. The quantitative estimate of drug-likeness (QED) is 0.479. The van der Waals surface area contributed by atoms with E-state index >= 15 is 0 Å². The number of rotatable bonds is 2. The van der Waals surface area contributed by atoms with E-state index in [9.17, 15) is 8.60 Å². The van der Waals surface area contributed by atoms with Gasteiger partial charge in [0.05, 0.1) is 0 Å². The Hall–Kier alpha value is -0.0500. The van der Waals surface area contributed by atoms with Crippen LogP contribution < -0.4 is 0 Å². The topological polar surface area (TPSA) is 17.1 Å². The summed E-state index contributed by atoms with van der Waals surface area (Å²) in [6.07, 6.45) is 0. The highest BCUT2D eigenvalue weighted by Gasteiger charge is 2.11. The Kier molecular flexibility index (Phi) is 3.13. The molecule has 0 saturated carbocycles. The molecule has 1 nitrogen and oxygen atoms in total. The van der Waals surface area contributed by atoms with Gasteiger partial charge >= 0.3 is 11.7 Å². The minimum absolute atomic E-state index is 0.300. The molecule has 0 fully saturated rings. The molecule has 3 heteroatoms. The van der Waals surface area contributed by atoms with Crippen LogP contribution in [0.15, 0.2) is 0 Å². The summed E-state index contributed by atoms with van der Waals surface area (Å²) in [6.45, 7) is 1.03. The molecule has 36 valence electrons. The van der Waals surface area contributed by atoms with Crippen LogP contribution in [0.3, 0.4) is 0 Å². The summed E-state index contributed by atoms with van der Waals surface area (Å²) in [5, 5.41) is -0.370. The van der Waals surface area contributed by atoms with Gasteiger partial charge in [-0.25, -0.2) is 4.39 Å². The minimum atomic E-state index is -0.520. The maximum atomic E-state index is 11.2. The lowest BCUT2D eigenvalue weighted by Gasteiger charge is -1.71. The van der Waals surface area contributed by atoms with E-state index in [1.807, 2.05) is 0 Å². The van der Waals surface area contributed by atoms with E-state index < -0.39 is 6.67 Å². The van der Waals surface area contributed by atoms with Crippen molar-refractivity contribution in [1.29, 1.82) is 0 Å². The molecule has 0 saturated heterocycles. The molecule has 0 spiro atoms. The summed E-state index contributed by atoms with van der Waals surface area (Å²) in [6, 6.07) is 0. The first-order chi connectivity index (χ1) is 2.81. The van der Waals surface area contributed by atoms with E-state index in [-0.39, 0.29) is 5.25 Å². The Morgan fingerprint density at radius 2 is 2.50 bits per heavy atom. The molecule has 0 aromatic carbocycles. The second kappa shape index (κ2) is 3.15. The van der Waals surface area contributed by atoms with Crippen molar-refractivity contribution in [1.82, 2.24) is 0 Å². The number of hydrogen-bond acceptors (Lipinski definition) is 1. The highest BCUT2D eigenvalue weighted by molar-refractivity contribution is 7.66. The summed E-state index contributed by atoms with van der Waals surface area (Å²) in [5.41, 5.74) is 0. The van der Waals surface area contributed by atoms with Gasteiger partial charge in [-0.1, -0.05) is 0 Å². The van der Waals surface area contributed by atoms with Gasteiger partial charge in [0.1, 0.15) is 0 Å². The first-order valence-electron chi connectivity index (χ1n) is 1.66. The van der Waals surface area contributed by atoms with Gasteiger partial charge < -0.3 is 0 Å². The lowest BCUT2D eigenvalue weighted by atomic mass is 10.5. The van der Waals surface area contributed by atoms with E-state index in [0.717, 1.165) is 0 Å². The van der Waals surface area contributed by atoms with Crippen LogP contribution in [0.4, 0.5) is 4.39 Å². The molecule has 0 aliphatic rings. The van der Waals surface area contributed by atoms with E-state index in [4.69, 9.17) is 0 Å². The van der Waals surface area contributed by atoms with Crippen molar-refractivity contribution in [2.45, 2.75) is 12.2 Å². The van der Waals surface area contributed by atoms with Gasteiger partial charge in [0.2, 0.25) is 0 Å². The molecule has 0 aliphatic carbocycles. The summed E-state index contributed by atoms with van der Waals surface area (Å²) >= 11 is 0.300. The predicted octanol–water partition coefficient (Wildman–Crippen LogP) is 0.772. The molecule has 0 aromatic heterocycles. The maximum absolute atomic E-state index is 11.2. The molecule has 1 atom stereocenters. The molecule has 6 heavy (non-hydrogen) atoms. The first kappa shape index (κ1) is 5.95. The van der Waals surface area contributed by atoms with Gasteiger partial charge in [-0.05, 0) is 6.92 Å². The van der Waals surface area contributed by atoms with Crippen LogP contribution >= 0.6 is 0 Å². The van der Waals surface area contributed by atoms with Gasteiger partial charge in [-0.2, -0.15) is 0 Å². The molecule has 0 aliphatic heterocycles. The van der Waals surface area contributed by atoms with E-state index in [2.05, 4.69) is 0 Å². The molecule has 0 radical (unpaired) electrons. The average Bonchev–Trinajstić information content (AvgIpc) is 1.65. The SMILES string of the molecule is CC(CF)[S+]=O. The van der Waals surface area contributed by atoms with Gasteiger partial charge in [0, 0.05) is 4.21 Å². The van der Waals surface area contributed by atoms with Crippen molar-refractivity contribution in [2.24, 2.45) is 0 Å². The molecule has 0 aromatic rings. The third kappa shape index (κ3) is 2.20. The van der Waals surface area contributed by atoms with Crippen LogP contribution in [0, 0.1) is 0 Å². The number of alkyl halides is 1. The second-order valence-electron chi connectivity index (χ2n) is 1.06. The van der Waals surface area contributed by atoms with E-state index in [0.29, 0.717) is 11.7 Å². The highest BCUT2D eigenvalue weighted by atomic mass is 32.1. The lowest BCUT2D eigenvalue weighted by Crippen LogP contribution is -1.99. The molecular formula is C3H6FOS+. The summed E-state index contributed by atoms with van der Waals surface area (Å²) in [4.78, 5) is 0. The van der Waals surface area contributed by atoms with Crippen LogP contribution in [-0.4, -0.2) is 11.9 Å². The first-order valence-corrected chi connectivity index (χ1v) is 2.46. The Morgan fingerprint density at radius 3 is 2.50 bits per heavy atom. The van der Waals surface area contributed by atoms with E-state index in [1.165, 1.54) is 0 Å². The zero-order valence-corrected chi connectivity index (χ0v) is 4.30. The van der Waals surface area contributed by atoms with Crippen LogP contribution in [-0.2, 0) is 15.9 Å². The third-order valence-corrected chi connectivity index (χ3v) is 0.836. The van der Waals surface area contributed by atoms with Gasteiger partial charge in [-0.3, -0.25) is 0 Å². The van der Waals surface area contributed by atoms with Crippen LogP contribution in [0.5, 0.6) is 0 Å². The van der Waals surface area contributed by atoms with Gasteiger partial charge in [0.15, 0.2) is 6.67 Å². The van der Waals surface area contributed by atoms with E-state index in [1.54, 1.807) is 6.92 Å². The predicted molar refractivity (Wildman–Crippen MR) is 23.5 cm³/mol. The largest absolute Gasteiger partial charge is 0.464 e. The van der Waals surface area contributed by atoms with Crippen molar-refractivity contribution in [3.63, 3.8) is 0 Å². The molecule has 0 amide bonds. The third-order valence-electron chi connectivity index (χ3n) is 0.382. The van der Waals surface area contributed by atoms with Crippen LogP contribution in [0.25, 0.3) is 0 Å². The molecule has 0 heterocycles. The summed E-state index contributed by atoms with van der Waals surface area (Å²) in [5.74, 6) is 0. The lowest BCUT2D eigenvalue weighted by molar-refractivity contribution is 0.487. The van der Waals surface area contributed by atoms with Crippen LogP contribution in [0.1, 0.15) is 6.92 Å². The second-order valence-corrected chi connectivity index (χ2v) is 2.06. The number of halogens is 1.